The molecule has 1 aromatic rings. The Balaban J connectivity index is 0.00000200. The van der Waals surface area contributed by atoms with E-state index in [-0.39, 0.29) is 24.0 Å². The van der Waals surface area contributed by atoms with Gasteiger partial charge in [-0.05, 0) is 35.8 Å². The van der Waals surface area contributed by atoms with Crippen LogP contribution in [0.2, 0.25) is 0 Å². The van der Waals surface area contributed by atoms with Gasteiger partial charge in [-0.1, -0.05) is 0 Å². The number of thiophene rings is 1. The Morgan fingerprint density at radius 2 is 2.30 bits per heavy atom. The van der Waals surface area contributed by atoms with E-state index in [2.05, 4.69) is 56.4 Å². The number of nitrogens with zero attached hydrogens (tertiary/aromatic N) is 2. The molecule has 0 amide bonds. The number of thioether (sulfide) groups is 1. The van der Waals surface area contributed by atoms with E-state index < -0.39 is 0 Å². The molecule has 2 rings (SSSR count). The highest BCUT2D eigenvalue weighted by molar-refractivity contribution is 14.0. The summed E-state index contributed by atoms with van der Waals surface area (Å²) in [6, 6.07) is 2.15. The lowest BCUT2D eigenvalue weighted by Crippen LogP contribution is -2.50. The van der Waals surface area contributed by atoms with Gasteiger partial charge in [0.1, 0.15) is 0 Å². The molecule has 0 aliphatic carbocycles. The smallest absolute Gasteiger partial charge is 0.194 e. The van der Waals surface area contributed by atoms with Crippen molar-refractivity contribution < 1.29 is 0 Å². The van der Waals surface area contributed by atoms with Gasteiger partial charge < -0.3 is 10.2 Å². The van der Waals surface area contributed by atoms with Gasteiger partial charge in [0.2, 0.25) is 0 Å². The second-order valence-corrected chi connectivity index (χ2v) is 8.88. The standard InChI is InChI=1S/C13H20BrN3S2.HI/c1-13(2)9-17(4-5-19-13)12(15-3)16-7-11-6-10(14)8-18-11;/h6,8H,4-5,7,9H2,1-3H3,(H,15,16);1H. The molecule has 1 N–H and O–H groups in total. The van der Waals surface area contributed by atoms with Crippen molar-refractivity contribution in [1.29, 1.82) is 0 Å². The summed E-state index contributed by atoms with van der Waals surface area (Å²) in [7, 11) is 1.86. The van der Waals surface area contributed by atoms with E-state index in [0.29, 0.717) is 4.75 Å². The third kappa shape index (κ3) is 5.38. The lowest BCUT2D eigenvalue weighted by molar-refractivity contribution is 0.376. The minimum atomic E-state index is 0. The lowest BCUT2D eigenvalue weighted by Gasteiger charge is -2.39. The van der Waals surface area contributed by atoms with Crippen LogP contribution in [0.1, 0.15) is 18.7 Å². The molecule has 0 saturated carbocycles. The summed E-state index contributed by atoms with van der Waals surface area (Å²) in [5.74, 6) is 2.18. The molecule has 1 saturated heterocycles. The third-order valence-corrected chi connectivity index (χ3v) is 5.97. The summed E-state index contributed by atoms with van der Waals surface area (Å²) >= 11 is 7.29. The van der Waals surface area contributed by atoms with E-state index in [9.17, 15) is 0 Å². The fourth-order valence-electron chi connectivity index (χ4n) is 2.14. The highest BCUT2D eigenvalue weighted by Crippen LogP contribution is 2.29. The van der Waals surface area contributed by atoms with Crippen LogP contribution in [0.4, 0.5) is 0 Å². The van der Waals surface area contributed by atoms with Crippen molar-refractivity contribution in [3.8, 4) is 0 Å². The first-order valence-electron chi connectivity index (χ1n) is 6.33. The molecule has 2 heterocycles. The highest BCUT2D eigenvalue weighted by atomic mass is 127. The zero-order valence-electron chi connectivity index (χ0n) is 12.0. The van der Waals surface area contributed by atoms with E-state index in [4.69, 9.17) is 0 Å². The Bertz CT molecular complexity index is 462. The predicted molar refractivity (Wildman–Crippen MR) is 106 cm³/mol. The van der Waals surface area contributed by atoms with E-state index in [1.54, 1.807) is 11.3 Å². The second-order valence-electron chi connectivity index (χ2n) is 5.16. The van der Waals surface area contributed by atoms with Gasteiger partial charge in [-0.3, -0.25) is 4.99 Å². The molecule has 1 aliphatic heterocycles. The van der Waals surface area contributed by atoms with Gasteiger partial charge in [-0.15, -0.1) is 35.3 Å². The molecular formula is C13H21BrIN3S2. The molecule has 3 nitrogen and oxygen atoms in total. The first-order valence-corrected chi connectivity index (χ1v) is 8.98. The molecule has 1 aromatic heterocycles. The zero-order valence-corrected chi connectivity index (χ0v) is 17.5. The fraction of sp³-hybridized carbons (Fsp3) is 0.615. The molecule has 20 heavy (non-hydrogen) atoms. The molecule has 7 heteroatoms. The topological polar surface area (TPSA) is 27.6 Å². The second kappa shape index (κ2) is 8.24. The van der Waals surface area contributed by atoms with Gasteiger partial charge in [-0.2, -0.15) is 11.8 Å². The van der Waals surface area contributed by atoms with Gasteiger partial charge in [0.25, 0.3) is 0 Å². The van der Waals surface area contributed by atoms with Crippen molar-refractivity contribution in [3.63, 3.8) is 0 Å². The van der Waals surface area contributed by atoms with Gasteiger partial charge >= 0.3 is 0 Å². The number of nitrogens with one attached hydrogen (secondary N) is 1. The maximum absolute atomic E-state index is 4.41. The molecule has 0 bridgehead atoms. The first-order chi connectivity index (χ1) is 9.00. The number of halogens is 2. The van der Waals surface area contributed by atoms with Crippen molar-refractivity contribution in [2.45, 2.75) is 25.1 Å². The molecule has 1 fully saturated rings. The summed E-state index contributed by atoms with van der Waals surface area (Å²) < 4.78 is 1.46. The summed E-state index contributed by atoms with van der Waals surface area (Å²) in [4.78, 5) is 8.09. The number of hydrogen-bond acceptors (Lipinski definition) is 3. The molecule has 0 spiro atoms. The monoisotopic (exact) mass is 489 g/mol. The summed E-state index contributed by atoms with van der Waals surface area (Å²) in [6.45, 7) is 7.56. The SMILES string of the molecule is CN=C(NCc1cc(Br)cs1)N1CCSC(C)(C)C1.I. The lowest BCUT2D eigenvalue weighted by atomic mass is 10.2. The Morgan fingerprint density at radius 3 is 2.85 bits per heavy atom. The van der Waals surface area contributed by atoms with Crippen LogP contribution in [-0.4, -0.2) is 41.5 Å². The average molecular weight is 490 g/mol. The third-order valence-electron chi connectivity index (χ3n) is 2.98. The number of rotatable bonds is 2. The van der Waals surface area contributed by atoms with Crippen LogP contribution >= 0.6 is 63.0 Å². The summed E-state index contributed by atoms with van der Waals surface area (Å²) in [5, 5.41) is 5.57. The van der Waals surface area contributed by atoms with Crippen LogP contribution in [0.3, 0.4) is 0 Å². The molecular weight excluding hydrogens is 469 g/mol. The first kappa shape index (κ1) is 18.6. The number of aliphatic imine (C=N–C) groups is 1. The van der Waals surface area contributed by atoms with E-state index in [1.807, 2.05) is 18.8 Å². The summed E-state index contributed by atoms with van der Waals surface area (Å²) in [6.07, 6.45) is 0. The predicted octanol–water partition coefficient (Wildman–Crippen LogP) is 4.03. The van der Waals surface area contributed by atoms with Crippen molar-refractivity contribution in [2.24, 2.45) is 4.99 Å². The zero-order chi connectivity index (χ0) is 13.9. The van der Waals surface area contributed by atoms with Crippen LogP contribution in [0, 0.1) is 0 Å². The van der Waals surface area contributed by atoms with Crippen LogP contribution < -0.4 is 5.32 Å². The molecule has 114 valence electrons. The van der Waals surface area contributed by atoms with Gasteiger partial charge in [0.05, 0.1) is 6.54 Å². The Morgan fingerprint density at radius 1 is 1.55 bits per heavy atom. The van der Waals surface area contributed by atoms with Crippen LogP contribution in [0.25, 0.3) is 0 Å². The molecule has 0 atom stereocenters. The highest BCUT2D eigenvalue weighted by Gasteiger charge is 2.28. The van der Waals surface area contributed by atoms with Crippen LogP contribution in [0.5, 0.6) is 0 Å². The molecule has 1 aliphatic rings. The summed E-state index contributed by atoms with van der Waals surface area (Å²) in [5.41, 5.74) is 0. The van der Waals surface area contributed by atoms with Crippen molar-refractivity contribution in [3.05, 3.63) is 20.8 Å². The largest absolute Gasteiger partial charge is 0.351 e. The minimum Gasteiger partial charge on any atom is -0.351 e. The van der Waals surface area contributed by atoms with Crippen molar-refractivity contribution >= 4 is 69.0 Å². The van der Waals surface area contributed by atoms with Crippen molar-refractivity contribution in [2.75, 3.05) is 25.9 Å². The molecule has 0 unspecified atom stereocenters. The fourth-order valence-corrected chi connectivity index (χ4v) is 4.64. The molecule has 0 radical (unpaired) electrons. The van der Waals surface area contributed by atoms with E-state index in [0.717, 1.165) is 35.8 Å². The van der Waals surface area contributed by atoms with Crippen LogP contribution in [0.15, 0.2) is 20.9 Å². The van der Waals surface area contributed by atoms with Crippen LogP contribution in [-0.2, 0) is 6.54 Å². The normalized spacial score (nSPS) is 18.6. The minimum absolute atomic E-state index is 0. The molecule has 0 aromatic carbocycles. The quantitative estimate of drug-likeness (QED) is 0.386. The van der Waals surface area contributed by atoms with Gasteiger partial charge in [0.15, 0.2) is 5.96 Å². The van der Waals surface area contributed by atoms with Gasteiger partial charge in [0, 0.05) is 45.4 Å². The Kier molecular flexibility index (Phi) is 7.65. The average Bonchev–Trinajstić information content (AvgIpc) is 2.75. The maximum Gasteiger partial charge on any atom is 0.194 e. The Hall–Kier alpha value is 0.530. The number of guanidine groups is 1. The van der Waals surface area contributed by atoms with E-state index in [1.165, 1.54) is 4.88 Å². The number of hydrogen-bond donors (Lipinski definition) is 1. The van der Waals surface area contributed by atoms with Gasteiger partial charge in [-0.25, -0.2) is 0 Å². The maximum atomic E-state index is 4.41. The Labute approximate surface area is 155 Å². The van der Waals surface area contributed by atoms with Crippen molar-refractivity contribution in [1.82, 2.24) is 10.2 Å². The van der Waals surface area contributed by atoms with E-state index >= 15 is 0 Å².